The standard InChI is InChI=1S/C27H27N3O5/c1-32-19-9-10-20-24(17-19)35-22-7-5-4-6-21(22)28-26(20)29-12-14-30(15-13-29)27(31)18-8-11-23(33-2)25(16-18)34-3/h4-11,16-17H,12-15H2,1-3H3. The van der Waals surface area contributed by atoms with Gasteiger partial charge in [0, 0.05) is 37.8 Å². The average molecular weight is 474 g/mol. The molecule has 3 aromatic rings. The maximum atomic E-state index is 13.2. The van der Waals surface area contributed by atoms with Crippen LogP contribution in [0.25, 0.3) is 0 Å². The van der Waals surface area contributed by atoms with Crippen LogP contribution in [0.1, 0.15) is 15.9 Å². The van der Waals surface area contributed by atoms with Crippen LogP contribution >= 0.6 is 0 Å². The zero-order chi connectivity index (χ0) is 24.4. The highest BCUT2D eigenvalue weighted by molar-refractivity contribution is 6.04. The van der Waals surface area contributed by atoms with Gasteiger partial charge in [0.1, 0.15) is 23.0 Å². The number of hydrogen-bond acceptors (Lipinski definition) is 7. The van der Waals surface area contributed by atoms with Gasteiger partial charge in [-0.05, 0) is 42.5 Å². The lowest BCUT2D eigenvalue weighted by Gasteiger charge is -2.36. The summed E-state index contributed by atoms with van der Waals surface area (Å²) in [5.41, 5.74) is 2.23. The molecule has 0 radical (unpaired) electrons. The molecule has 35 heavy (non-hydrogen) atoms. The highest BCUT2D eigenvalue weighted by Gasteiger charge is 2.28. The van der Waals surface area contributed by atoms with Gasteiger partial charge in [-0.2, -0.15) is 0 Å². The monoisotopic (exact) mass is 473 g/mol. The van der Waals surface area contributed by atoms with Gasteiger partial charge in [0.05, 0.1) is 26.9 Å². The molecule has 0 N–H and O–H groups in total. The largest absolute Gasteiger partial charge is 0.497 e. The molecule has 8 nitrogen and oxygen atoms in total. The summed E-state index contributed by atoms with van der Waals surface area (Å²) in [6, 6.07) is 18.7. The summed E-state index contributed by atoms with van der Waals surface area (Å²) in [6.45, 7) is 2.43. The lowest BCUT2D eigenvalue weighted by atomic mass is 10.1. The number of ether oxygens (including phenoxy) is 4. The molecule has 2 aliphatic heterocycles. The molecular formula is C27H27N3O5. The summed E-state index contributed by atoms with van der Waals surface area (Å²) in [5.74, 6) is 4.02. The molecule has 0 atom stereocenters. The van der Waals surface area contributed by atoms with Gasteiger partial charge in [-0.25, -0.2) is 4.99 Å². The van der Waals surface area contributed by atoms with Crippen molar-refractivity contribution in [2.24, 2.45) is 4.99 Å². The minimum Gasteiger partial charge on any atom is -0.497 e. The SMILES string of the molecule is COc1ccc2c(c1)Oc1ccccc1N=C2N1CCN(C(=O)c2ccc(OC)c(OC)c2)CC1. The second kappa shape index (κ2) is 9.58. The Bertz CT molecular complexity index is 1280. The molecule has 3 aromatic carbocycles. The van der Waals surface area contributed by atoms with E-state index in [1.165, 1.54) is 0 Å². The van der Waals surface area contributed by atoms with Gasteiger partial charge in [-0.3, -0.25) is 4.79 Å². The summed E-state index contributed by atoms with van der Waals surface area (Å²) in [6.07, 6.45) is 0. The van der Waals surface area contributed by atoms with Gasteiger partial charge in [-0.15, -0.1) is 0 Å². The molecule has 2 heterocycles. The van der Waals surface area contributed by atoms with Crippen LogP contribution in [0.5, 0.6) is 28.7 Å². The van der Waals surface area contributed by atoms with E-state index >= 15 is 0 Å². The third kappa shape index (κ3) is 4.35. The number of amidine groups is 1. The van der Waals surface area contributed by atoms with Crippen molar-refractivity contribution in [3.8, 4) is 28.7 Å². The number of amides is 1. The number of benzene rings is 3. The smallest absolute Gasteiger partial charge is 0.254 e. The van der Waals surface area contributed by atoms with E-state index in [0.29, 0.717) is 60.5 Å². The Balaban J connectivity index is 1.39. The number of hydrogen-bond donors (Lipinski definition) is 0. The Morgan fingerprint density at radius 2 is 1.60 bits per heavy atom. The normalized spacial score (nSPS) is 14.7. The number of piperazine rings is 1. The summed E-state index contributed by atoms with van der Waals surface area (Å²) in [4.78, 5) is 22.2. The van der Waals surface area contributed by atoms with Crippen molar-refractivity contribution in [1.82, 2.24) is 9.80 Å². The molecule has 180 valence electrons. The van der Waals surface area contributed by atoms with Crippen LogP contribution in [0, 0.1) is 0 Å². The number of carbonyl (C=O) groups is 1. The van der Waals surface area contributed by atoms with Crippen LogP contribution in [0.15, 0.2) is 65.7 Å². The first-order chi connectivity index (χ1) is 17.1. The van der Waals surface area contributed by atoms with Crippen molar-refractivity contribution < 1.29 is 23.7 Å². The molecule has 5 rings (SSSR count). The van der Waals surface area contributed by atoms with Crippen LogP contribution in [0.3, 0.4) is 0 Å². The van der Waals surface area contributed by atoms with E-state index in [0.717, 1.165) is 17.1 Å². The predicted octanol–water partition coefficient (Wildman–Crippen LogP) is 4.35. The van der Waals surface area contributed by atoms with Crippen molar-refractivity contribution in [3.05, 3.63) is 71.8 Å². The second-order valence-electron chi connectivity index (χ2n) is 8.22. The topological polar surface area (TPSA) is 72.8 Å². The third-order valence-electron chi connectivity index (χ3n) is 6.24. The number of para-hydroxylation sites is 2. The van der Waals surface area contributed by atoms with E-state index in [4.69, 9.17) is 23.9 Å². The van der Waals surface area contributed by atoms with E-state index in [1.54, 1.807) is 39.5 Å². The maximum absolute atomic E-state index is 13.2. The van der Waals surface area contributed by atoms with Gasteiger partial charge in [-0.1, -0.05) is 12.1 Å². The Kier molecular flexibility index (Phi) is 6.18. The lowest BCUT2D eigenvalue weighted by molar-refractivity contribution is 0.0691. The van der Waals surface area contributed by atoms with Crippen molar-refractivity contribution >= 4 is 17.4 Å². The number of carbonyl (C=O) groups excluding carboxylic acids is 1. The summed E-state index contributed by atoms with van der Waals surface area (Å²) in [7, 11) is 4.77. The summed E-state index contributed by atoms with van der Waals surface area (Å²) < 4.78 is 22.3. The van der Waals surface area contributed by atoms with Crippen molar-refractivity contribution in [1.29, 1.82) is 0 Å². The van der Waals surface area contributed by atoms with Gasteiger partial charge < -0.3 is 28.7 Å². The molecule has 0 saturated carbocycles. The first-order valence-corrected chi connectivity index (χ1v) is 11.4. The summed E-state index contributed by atoms with van der Waals surface area (Å²) >= 11 is 0. The predicted molar refractivity (Wildman–Crippen MR) is 133 cm³/mol. The molecule has 0 aliphatic carbocycles. The highest BCUT2D eigenvalue weighted by atomic mass is 16.5. The molecule has 0 aromatic heterocycles. The first kappa shape index (κ1) is 22.6. The average Bonchev–Trinajstić information content (AvgIpc) is 3.08. The van der Waals surface area contributed by atoms with Crippen LogP contribution in [0.2, 0.25) is 0 Å². The minimum atomic E-state index is -0.0350. The molecule has 1 amide bonds. The van der Waals surface area contributed by atoms with Crippen LogP contribution in [-0.4, -0.2) is 69.1 Å². The third-order valence-corrected chi connectivity index (χ3v) is 6.24. The fourth-order valence-electron chi connectivity index (χ4n) is 4.34. The molecule has 0 spiro atoms. The zero-order valence-corrected chi connectivity index (χ0v) is 20.0. The van der Waals surface area contributed by atoms with Crippen LogP contribution < -0.4 is 18.9 Å². The number of fused-ring (bicyclic) bond motifs is 2. The van der Waals surface area contributed by atoms with Crippen LogP contribution in [0.4, 0.5) is 5.69 Å². The van der Waals surface area contributed by atoms with E-state index in [2.05, 4.69) is 4.90 Å². The quantitative estimate of drug-likeness (QED) is 0.561. The van der Waals surface area contributed by atoms with E-state index < -0.39 is 0 Å². The van der Waals surface area contributed by atoms with E-state index in [-0.39, 0.29) is 5.91 Å². The van der Waals surface area contributed by atoms with Gasteiger partial charge in [0.25, 0.3) is 5.91 Å². The Morgan fingerprint density at radius 1 is 0.829 bits per heavy atom. The van der Waals surface area contributed by atoms with Crippen molar-refractivity contribution in [2.45, 2.75) is 0 Å². The minimum absolute atomic E-state index is 0.0350. The zero-order valence-electron chi connectivity index (χ0n) is 20.0. The Hall–Kier alpha value is -4.20. The first-order valence-electron chi connectivity index (χ1n) is 11.4. The van der Waals surface area contributed by atoms with Gasteiger partial charge >= 0.3 is 0 Å². The lowest BCUT2D eigenvalue weighted by Crippen LogP contribution is -2.50. The maximum Gasteiger partial charge on any atom is 0.254 e. The van der Waals surface area contributed by atoms with Crippen molar-refractivity contribution in [3.63, 3.8) is 0 Å². The molecular weight excluding hydrogens is 446 g/mol. The van der Waals surface area contributed by atoms with Crippen molar-refractivity contribution in [2.75, 3.05) is 47.5 Å². The van der Waals surface area contributed by atoms with Crippen LogP contribution in [-0.2, 0) is 0 Å². The molecule has 1 fully saturated rings. The molecule has 2 aliphatic rings. The number of nitrogens with zero attached hydrogens (tertiary/aromatic N) is 3. The molecule has 1 saturated heterocycles. The number of methoxy groups -OCH3 is 3. The molecule has 0 bridgehead atoms. The van der Waals surface area contributed by atoms with E-state index in [1.807, 2.05) is 47.4 Å². The van der Waals surface area contributed by atoms with Gasteiger partial charge in [0.15, 0.2) is 17.2 Å². The Morgan fingerprint density at radius 3 is 2.34 bits per heavy atom. The number of aliphatic imine (C=N–C) groups is 1. The fourth-order valence-corrected chi connectivity index (χ4v) is 4.34. The van der Waals surface area contributed by atoms with Gasteiger partial charge in [0.2, 0.25) is 0 Å². The van der Waals surface area contributed by atoms with E-state index in [9.17, 15) is 4.79 Å². The fraction of sp³-hybridized carbons (Fsp3) is 0.259. The Labute approximate surface area is 204 Å². The highest BCUT2D eigenvalue weighted by Crippen LogP contribution is 2.39. The number of rotatable bonds is 4. The molecule has 8 heteroatoms. The molecule has 0 unspecified atom stereocenters. The summed E-state index contributed by atoms with van der Waals surface area (Å²) in [5, 5.41) is 0. The second-order valence-corrected chi connectivity index (χ2v) is 8.22.